The van der Waals surface area contributed by atoms with E-state index in [1.165, 1.54) is 0 Å². The van der Waals surface area contributed by atoms with Gasteiger partial charge in [-0.3, -0.25) is 4.79 Å². The Balaban J connectivity index is 1.38. The third-order valence-corrected chi connectivity index (χ3v) is 4.48. The van der Waals surface area contributed by atoms with Gasteiger partial charge < -0.3 is 15.1 Å². The summed E-state index contributed by atoms with van der Waals surface area (Å²) in [5.41, 5.74) is 0. The molecule has 0 atom stereocenters. The average molecular weight is 292 g/mol. The Morgan fingerprint density at radius 1 is 1.19 bits per heavy atom. The van der Waals surface area contributed by atoms with Crippen molar-refractivity contribution in [3.05, 3.63) is 12.7 Å². The minimum atomic E-state index is 0.301. The van der Waals surface area contributed by atoms with Crippen molar-refractivity contribution in [2.75, 3.05) is 45.8 Å². The molecule has 0 spiro atoms. The highest BCUT2D eigenvalue weighted by molar-refractivity contribution is 5.76. The van der Waals surface area contributed by atoms with Crippen molar-refractivity contribution in [2.24, 2.45) is 0 Å². The maximum atomic E-state index is 12.1. The van der Waals surface area contributed by atoms with Gasteiger partial charge in [-0.15, -0.1) is 0 Å². The minimum Gasteiger partial charge on any atom is -0.340 e. The lowest BCUT2D eigenvalue weighted by atomic mass is 10.1. The van der Waals surface area contributed by atoms with E-state index in [0.29, 0.717) is 18.4 Å². The predicted molar refractivity (Wildman–Crippen MR) is 78.8 cm³/mol. The number of nitrogens with one attached hydrogen (secondary N) is 1. The summed E-state index contributed by atoms with van der Waals surface area (Å²) in [6, 6.07) is 0.465. The second kappa shape index (κ2) is 7.00. The molecule has 0 radical (unpaired) electrons. The van der Waals surface area contributed by atoms with E-state index < -0.39 is 0 Å². The number of rotatable bonds is 4. The first kappa shape index (κ1) is 14.5. The molecule has 7 heteroatoms. The highest BCUT2D eigenvalue weighted by Crippen LogP contribution is 2.21. The molecule has 3 rings (SSSR count). The average Bonchev–Trinajstić information content (AvgIpc) is 3.08. The van der Waals surface area contributed by atoms with E-state index in [0.717, 1.165) is 58.7 Å². The van der Waals surface area contributed by atoms with Crippen molar-refractivity contribution in [1.82, 2.24) is 29.9 Å². The third kappa shape index (κ3) is 3.79. The number of hydrogen-bond acceptors (Lipinski definition) is 5. The van der Waals surface area contributed by atoms with Crippen LogP contribution in [0.1, 0.15) is 25.3 Å². The van der Waals surface area contributed by atoms with E-state index in [4.69, 9.17) is 0 Å². The number of amides is 1. The van der Waals surface area contributed by atoms with Gasteiger partial charge in [-0.2, -0.15) is 5.10 Å². The molecule has 0 unspecified atom stereocenters. The van der Waals surface area contributed by atoms with Crippen LogP contribution in [-0.2, 0) is 4.79 Å². The number of aromatic nitrogens is 3. The van der Waals surface area contributed by atoms with Crippen molar-refractivity contribution in [3.8, 4) is 0 Å². The van der Waals surface area contributed by atoms with Crippen LogP contribution in [0.4, 0.5) is 0 Å². The summed E-state index contributed by atoms with van der Waals surface area (Å²) in [6.07, 6.45) is 6.22. The Bertz CT molecular complexity index is 434. The van der Waals surface area contributed by atoms with Gasteiger partial charge in [-0.05, 0) is 12.8 Å². The summed E-state index contributed by atoms with van der Waals surface area (Å²) in [7, 11) is 0. The second-order valence-electron chi connectivity index (χ2n) is 5.83. The van der Waals surface area contributed by atoms with Crippen molar-refractivity contribution >= 4 is 5.91 Å². The molecule has 1 N–H and O–H groups in total. The Kier molecular flexibility index (Phi) is 4.82. The van der Waals surface area contributed by atoms with Gasteiger partial charge in [0.05, 0.1) is 6.04 Å². The fourth-order valence-corrected chi connectivity index (χ4v) is 3.14. The molecule has 2 fully saturated rings. The molecule has 21 heavy (non-hydrogen) atoms. The highest BCUT2D eigenvalue weighted by Gasteiger charge is 2.22. The molecule has 2 aliphatic rings. The van der Waals surface area contributed by atoms with E-state index in [1.807, 2.05) is 9.58 Å². The monoisotopic (exact) mass is 292 g/mol. The molecule has 116 valence electrons. The number of carbonyl (C=O) groups is 1. The van der Waals surface area contributed by atoms with E-state index in [9.17, 15) is 4.79 Å². The summed E-state index contributed by atoms with van der Waals surface area (Å²) in [4.78, 5) is 20.5. The van der Waals surface area contributed by atoms with Crippen LogP contribution in [0.5, 0.6) is 0 Å². The van der Waals surface area contributed by atoms with Gasteiger partial charge in [0.2, 0.25) is 5.91 Å². The molecule has 1 amide bonds. The minimum absolute atomic E-state index is 0.301. The van der Waals surface area contributed by atoms with E-state index in [2.05, 4.69) is 20.3 Å². The van der Waals surface area contributed by atoms with Crippen LogP contribution in [0.3, 0.4) is 0 Å². The first-order chi connectivity index (χ1) is 10.3. The normalized spacial score (nSPS) is 21.6. The first-order valence-electron chi connectivity index (χ1n) is 7.88. The van der Waals surface area contributed by atoms with Crippen molar-refractivity contribution < 1.29 is 4.79 Å². The van der Waals surface area contributed by atoms with E-state index in [-0.39, 0.29) is 0 Å². The lowest BCUT2D eigenvalue weighted by molar-refractivity contribution is -0.132. The molecule has 0 bridgehead atoms. The van der Waals surface area contributed by atoms with Gasteiger partial charge in [0.25, 0.3) is 0 Å². The van der Waals surface area contributed by atoms with Crippen LogP contribution >= 0.6 is 0 Å². The zero-order valence-corrected chi connectivity index (χ0v) is 12.4. The second-order valence-corrected chi connectivity index (χ2v) is 5.83. The molecule has 2 saturated heterocycles. The number of carbonyl (C=O) groups excluding carboxylic acids is 1. The number of nitrogens with zero attached hydrogens (tertiary/aromatic N) is 5. The molecular formula is C14H24N6O. The lowest BCUT2D eigenvalue weighted by Gasteiger charge is -2.33. The van der Waals surface area contributed by atoms with Crippen molar-refractivity contribution in [2.45, 2.75) is 25.3 Å². The first-order valence-corrected chi connectivity index (χ1v) is 7.88. The molecule has 0 aromatic carbocycles. The molecule has 2 aliphatic heterocycles. The Morgan fingerprint density at radius 2 is 1.95 bits per heavy atom. The van der Waals surface area contributed by atoms with Crippen LogP contribution in [-0.4, -0.2) is 76.3 Å². The highest BCUT2D eigenvalue weighted by atomic mass is 16.2. The number of piperidine rings is 1. The summed E-state index contributed by atoms with van der Waals surface area (Å²) in [5, 5.41) is 7.50. The van der Waals surface area contributed by atoms with Crippen LogP contribution in [0.2, 0.25) is 0 Å². The van der Waals surface area contributed by atoms with Gasteiger partial charge in [0.1, 0.15) is 12.7 Å². The Morgan fingerprint density at radius 3 is 2.62 bits per heavy atom. The van der Waals surface area contributed by atoms with Crippen molar-refractivity contribution in [3.63, 3.8) is 0 Å². The largest absolute Gasteiger partial charge is 0.340 e. The van der Waals surface area contributed by atoms with Crippen LogP contribution in [0.15, 0.2) is 12.7 Å². The SMILES string of the molecule is O=C(CCN1CCC(n2cncn2)CC1)N1CCNCC1. The molecule has 1 aromatic heterocycles. The third-order valence-electron chi connectivity index (χ3n) is 4.48. The molecule has 0 aliphatic carbocycles. The number of piperazine rings is 1. The number of hydrogen-bond donors (Lipinski definition) is 1. The molecular weight excluding hydrogens is 268 g/mol. The van der Waals surface area contributed by atoms with Gasteiger partial charge in [-0.1, -0.05) is 0 Å². The quantitative estimate of drug-likeness (QED) is 0.828. The molecule has 3 heterocycles. The summed E-state index contributed by atoms with van der Waals surface area (Å²) in [6.45, 7) is 6.52. The number of likely N-dealkylation sites (tertiary alicyclic amines) is 1. The lowest BCUT2D eigenvalue weighted by Crippen LogP contribution is -2.47. The Hall–Kier alpha value is -1.47. The zero-order valence-electron chi connectivity index (χ0n) is 12.4. The topological polar surface area (TPSA) is 66.3 Å². The van der Waals surface area contributed by atoms with Gasteiger partial charge in [-0.25, -0.2) is 9.67 Å². The van der Waals surface area contributed by atoms with E-state index >= 15 is 0 Å². The van der Waals surface area contributed by atoms with Crippen molar-refractivity contribution in [1.29, 1.82) is 0 Å². The van der Waals surface area contributed by atoms with Crippen LogP contribution in [0, 0.1) is 0 Å². The predicted octanol–water partition coefficient (Wildman–Crippen LogP) is -0.263. The molecule has 1 aromatic rings. The molecule has 0 saturated carbocycles. The van der Waals surface area contributed by atoms with Gasteiger partial charge >= 0.3 is 0 Å². The summed E-state index contributed by atoms with van der Waals surface area (Å²) >= 11 is 0. The maximum absolute atomic E-state index is 12.1. The molecule has 7 nitrogen and oxygen atoms in total. The van der Waals surface area contributed by atoms with Crippen LogP contribution in [0.25, 0.3) is 0 Å². The maximum Gasteiger partial charge on any atom is 0.223 e. The van der Waals surface area contributed by atoms with E-state index in [1.54, 1.807) is 12.7 Å². The zero-order chi connectivity index (χ0) is 14.5. The standard InChI is InChI=1S/C14H24N6O/c21-14(19-9-4-15-5-10-19)3-8-18-6-1-13(2-7-18)20-12-16-11-17-20/h11-13,15H,1-10H2. The van der Waals surface area contributed by atoms with Gasteiger partial charge in [0.15, 0.2) is 0 Å². The smallest absolute Gasteiger partial charge is 0.223 e. The summed E-state index contributed by atoms with van der Waals surface area (Å²) in [5.74, 6) is 0.301. The summed E-state index contributed by atoms with van der Waals surface area (Å²) < 4.78 is 1.96. The fraction of sp³-hybridized carbons (Fsp3) is 0.786. The van der Waals surface area contributed by atoms with Crippen LogP contribution < -0.4 is 5.32 Å². The Labute approximate surface area is 125 Å². The van der Waals surface area contributed by atoms with Gasteiger partial charge in [0, 0.05) is 52.2 Å². The fourth-order valence-electron chi connectivity index (χ4n) is 3.14.